The predicted molar refractivity (Wildman–Crippen MR) is 113 cm³/mol. The number of amides is 1. The van der Waals surface area contributed by atoms with Crippen LogP contribution < -0.4 is 5.32 Å². The standard InChI is InChI=1S/C23H17N3O2S/c27-21(11-12-22-25-23(26-28-22)19-13-14-29-16-19)24-20-8-4-7-18(15-20)10-9-17-5-2-1-3-6-17/h1-8,13-16H,11-12H2,(H,24,27). The fourth-order valence-corrected chi connectivity index (χ4v) is 3.28. The highest BCUT2D eigenvalue weighted by Crippen LogP contribution is 2.19. The van der Waals surface area contributed by atoms with Gasteiger partial charge < -0.3 is 9.84 Å². The number of anilines is 1. The molecule has 0 aliphatic heterocycles. The molecule has 0 radical (unpaired) electrons. The van der Waals surface area contributed by atoms with Crippen LogP contribution in [0.25, 0.3) is 11.4 Å². The summed E-state index contributed by atoms with van der Waals surface area (Å²) in [5.74, 6) is 7.11. The van der Waals surface area contributed by atoms with Crippen LogP contribution in [0.4, 0.5) is 5.69 Å². The molecule has 1 amide bonds. The Morgan fingerprint density at radius 3 is 2.69 bits per heavy atom. The molecule has 0 unspecified atom stereocenters. The molecule has 5 nitrogen and oxygen atoms in total. The monoisotopic (exact) mass is 399 g/mol. The first kappa shape index (κ1) is 18.7. The van der Waals surface area contributed by atoms with Crippen LogP contribution >= 0.6 is 11.3 Å². The molecule has 2 heterocycles. The van der Waals surface area contributed by atoms with Crippen molar-refractivity contribution < 1.29 is 9.32 Å². The van der Waals surface area contributed by atoms with Gasteiger partial charge in [0.05, 0.1) is 0 Å². The Labute approximate surface area is 172 Å². The van der Waals surface area contributed by atoms with Crippen LogP contribution in [-0.4, -0.2) is 16.0 Å². The van der Waals surface area contributed by atoms with E-state index < -0.39 is 0 Å². The topological polar surface area (TPSA) is 68.0 Å². The molecule has 142 valence electrons. The van der Waals surface area contributed by atoms with Crippen LogP contribution in [0.5, 0.6) is 0 Å². The molecular formula is C23H17N3O2S. The maximum absolute atomic E-state index is 12.3. The van der Waals surface area contributed by atoms with Crippen LogP contribution in [0.3, 0.4) is 0 Å². The van der Waals surface area contributed by atoms with Crippen molar-refractivity contribution in [2.75, 3.05) is 5.32 Å². The number of thiophene rings is 1. The number of carbonyl (C=O) groups excluding carboxylic acids is 1. The Hall–Kier alpha value is -3.69. The Balaban J connectivity index is 1.33. The minimum Gasteiger partial charge on any atom is -0.339 e. The molecule has 0 fully saturated rings. The Morgan fingerprint density at radius 2 is 1.86 bits per heavy atom. The number of hydrogen-bond donors (Lipinski definition) is 1. The highest BCUT2D eigenvalue weighted by atomic mass is 32.1. The summed E-state index contributed by atoms with van der Waals surface area (Å²) in [6, 6.07) is 19.2. The molecule has 0 atom stereocenters. The van der Waals surface area contributed by atoms with E-state index in [1.54, 1.807) is 11.3 Å². The molecule has 0 aliphatic rings. The zero-order chi connectivity index (χ0) is 19.9. The predicted octanol–water partition coefficient (Wildman–Crippen LogP) is 4.77. The minimum atomic E-state index is -0.117. The summed E-state index contributed by atoms with van der Waals surface area (Å²) in [6.45, 7) is 0. The van der Waals surface area contributed by atoms with Gasteiger partial charge in [-0.05, 0) is 41.8 Å². The molecule has 0 aliphatic carbocycles. The highest BCUT2D eigenvalue weighted by Gasteiger charge is 2.11. The van der Waals surface area contributed by atoms with Crippen molar-refractivity contribution >= 4 is 22.9 Å². The van der Waals surface area contributed by atoms with Gasteiger partial charge in [-0.3, -0.25) is 4.79 Å². The summed E-state index contributed by atoms with van der Waals surface area (Å²) < 4.78 is 5.23. The summed E-state index contributed by atoms with van der Waals surface area (Å²) in [5.41, 5.74) is 3.41. The molecule has 0 saturated carbocycles. The largest absolute Gasteiger partial charge is 0.339 e. The fourth-order valence-electron chi connectivity index (χ4n) is 2.65. The smallest absolute Gasteiger partial charge is 0.227 e. The van der Waals surface area contributed by atoms with Gasteiger partial charge in [0, 0.05) is 40.6 Å². The molecule has 6 heteroatoms. The van der Waals surface area contributed by atoms with E-state index in [0.29, 0.717) is 23.8 Å². The Kier molecular flexibility index (Phi) is 5.79. The number of rotatable bonds is 5. The summed E-state index contributed by atoms with van der Waals surface area (Å²) >= 11 is 1.57. The maximum Gasteiger partial charge on any atom is 0.227 e. The maximum atomic E-state index is 12.3. The van der Waals surface area contributed by atoms with Gasteiger partial charge in [0.2, 0.25) is 17.6 Å². The van der Waals surface area contributed by atoms with Crippen molar-refractivity contribution in [2.24, 2.45) is 0 Å². The van der Waals surface area contributed by atoms with E-state index in [9.17, 15) is 4.79 Å². The SMILES string of the molecule is O=C(CCc1nc(-c2ccsc2)no1)Nc1cccc(C#Cc2ccccc2)c1. The van der Waals surface area contributed by atoms with Gasteiger partial charge in [0.25, 0.3) is 0 Å². The van der Waals surface area contributed by atoms with E-state index in [2.05, 4.69) is 27.3 Å². The van der Waals surface area contributed by atoms with Crippen molar-refractivity contribution in [2.45, 2.75) is 12.8 Å². The van der Waals surface area contributed by atoms with Gasteiger partial charge in [-0.15, -0.1) is 0 Å². The quantitative estimate of drug-likeness (QED) is 0.491. The second kappa shape index (κ2) is 9.00. The van der Waals surface area contributed by atoms with E-state index in [0.717, 1.165) is 16.7 Å². The lowest BCUT2D eigenvalue weighted by atomic mass is 10.1. The first-order chi connectivity index (χ1) is 14.3. The average molecular weight is 399 g/mol. The zero-order valence-corrected chi connectivity index (χ0v) is 16.3. The average Bonchev–Trinajstić information content (AvgIpc) is 3.44. The van der Waals surface area contributed by atoms with Crippen molar-refractivity contribution in [3.05, 3.63) is 88.4 Å². The van der Waals surface area contributed by atoms with Crippen molar-refractivity contribution in [3.63, 3.8) is 0 Å². The van der Waals surface area contributed by atoms with Crippen molar-refractivity contribution in [3.8, 4) is 23.2 Å². The number of aromatic nitrogens is 2. The number of benzene rings is 2. The highest BCUT2D eigenvalue weighted by molar-refractivity contribution is 7.08. The zero-order valence-electron chi connectivity index (χ0n) is 15.5. The fraction of sp³-hybridized carbons (Fsp3) is 0.0870. The lowest BCUT2D eigenvalue weighted by Gasteiger charge is -2.04. The molecule has 2 aromatic heterocycles. The summed E-state index contributed by atoms with van der Waals surface area (Å²) in [6.07, 6.45) is 0.641. The molecule has 4 aromatic rings. The van der Waals surface area contributed by atoms with E-state index in [1.807, 2.05) is 71.4 Å². The first-order valence-corrected chi connectivity index (χ1v) is 10.0. The number of nitrogens with zero attached hydrogens (tertiary/aromatic N) is 2. The van der Waals surface area contributed by atoms with Crippen LogP contribution in [0.1, 0.15) is 23.4 Å². The molecule has 0 saturated heterocycles. The molecule has 2 aromatic carbocycles. The summed E-state index contributed by atoms with van der Waals surface area (Å²) in [7, 11) is 0. The second-order valence-corrected chi connectivity index (χ2v) is 7.05. The van der Waals surface area contributed by atoms with Crippen LogP contribution in [-0.2, 0) is 11.2 Å². The number of carbonyl (C=O) groups is 1. The van der Waals surface area contributed by atoms with Gasteiger partial charge in [-0.25, -0.2) is 0 Å². The van der Waals surface area contributed by atoms with Gasteiger partial charge >= 0.3 is 0 Å². The van der Waals surface area contributed by atoms with E-state index >= 15 is 0 Å². The normalized spacial score (nSPS) is 10.2. The van der Waals surface area contributed by atoms with Crippen molar-refractivity contribution in [1.29, 1.82) is 0 Å². The Morgan fingerprint density at radius 1 is 1.03 bits per heavy atom. The molecule has 0 bridgehead atoms. The molecule has 29 heavy (non-hydrogen) atoms. The summed E-state index contributed by atoms with van der Waals surface area (Å²) in [4.78, 5) is 16.6. The first-order valence-electron chi connectivity index (χ1n) is 9.08. The van der Waals surface area contributed by atoms with Gasteiger partial charge in [0.15, 0.2) is 0 Å². The van der Waals surface area contributed by atoms with Crippen LogP contribution in [0.15, 0.2) is 75.9 Å². The third kappa shape index (κ3) is 5.18. The van der Waals surface area contributed by atoms with Crippen molar-refractivity contribution in [1.82, 2.24) is 10.1 Å². The van der Waals surface area contributed by atoms with E-state index in [-0.39, 0.29) is 12.3 Å². The molecule has 1 N–H and O–H groups in total. The van der Waals surface area contributed by atoms with Gasteiger partial charge in [0.1, 0.15) is 0 Å². The second-order valence-electron chi connectivity index (χ2n) is 6.27. The van der Waals surface area contributed by atoms with Crippen LogP contribution in [0.2, 0.25) is 0 Å². The van der Waals surface area contributed by atoms with E-state index in [1.165, 1.54) is 0 Å². The minimum absolute atomic E-state index is 0.117. The van der Waals surface area contributed by atoms with Crippen LogP contribution in [0, 0.1) is 11.8 Å². The summed E-state index contributed by atoms with van der Waals surface area (Å²) in [5, 5.41) is 10.8. The number of aryl methyl sites for hydroxylation is 1. The number of nitrogens with one attached hydrogen (secondary N) is 1. The number of hydrogen-bond acceptors (Lipinski definition) is 5. The third-order valence-corrected chi connectivity index (χ3v) is 4.77. The lowest BCUT2D eigenvalue weighted by Crippen LogP contribution is -2.12. The molecular weight excluding hydrogens is 382 g/mol. The molecule has 4 rings (SSSR count). The Bertz CT molecular complexity index is 1160. The molecule has 0 spiro atoms. The van der Waals surface area contributed by atoms with Gasteiger partial charge in [-0.2, -0.15) is 16.3 Å². The van der Waals surface area contributed by atoms with Gasteiger partial charge in [-0.1, -0.05) is 41.3 Å². The lowest BCUT2D eigenvalue weighted by molar-refractivity contribution is -0.116. The van der Waals surface area contributed by atoms with E-state index in [4.69, 9.17) is 4.52 Å². The third-order valence-electron chi connectivity index (χ3n) is 4.08.